The number of amides is 1. The fourth-order valence-corrected chi connectivity index (χ4v) is 2.08. The van der Waals surface area contributed by atoms with E-state index < -0.39 is 0 Å². The van der Waals surface area contributed by atoms with Gasteiger partial charge in [0.05, 0.1) is 6.61 Å². The van der Waals surface area contributed by atoms with Gasteiger partial charge in [-0.2, -0.15) is 0 Å². The number of aromatic amines is 1. The molecule has 0 unspecified atom stereocenters. The molecule has 1 aliphatic heterocycles. The minimum Gasteiger partial charge on any atom is -0.493 e. The molecule has 0 saturated heterocycles. The molecule has 0 atom stereocenters. The molecule has 2 aromatic rings. The highest BCUT2D eigenvalue weighted by molar-refractivity contribution is 5.94. The molecular weight excluding hydrogens is 228 g/mol. The van der Waals surface area contributed by atoms with Crippen molar-refractivity contribution in [3.8, 4) is 5.75 Å². The summed E-state index contributed by atoms with van der Waals surface area (Å²) in [7, 11) is 0. The van der Waals surface area contributed by atoms with E-state index in [9.17, 15) is 4.79 Å². The van der Waals surface area contributed by atoms with E-state index in [2.05, 4.69) is 10.3 Å². The summed E-state index contributed by atoms with van der Waals surface area (Å²) in [6.45, 7) is 1.25. The van der Waals surface area contributed by atoms with Crippen molar-refractivity contribution in [1.29, 1.82) is 0 Å². The highest BCUT2D eigenvalue weighted by Gasteiger charge is 2.14. The molecule has 0 radical (unpaired) electrons. The normalized spacial score (nSPS) is 12.9. The first-order valence-electron chi connectivity index (χ1n) is 5.98. The molecule has 1 aliphatic rings. The third-order valence-corrected chi connectivity index (χ3v) is 3.07. The van der Waals surface area contributed by atoms with Gasteiger partial charge in [0, 0.05) is 30.9 Å². The van der Waals surface area contributed by atoms with Gasteiger partial charge in [-0.1, -0.05) is 0 Å². The van der Waals surface area contributed by atoms with Crippen molar-refractivity contribution in [3.63, 3.8) is 0 Å². The lowest BCUT2D eigenvalue weighted by Crippen LogP contribution is -2.22. The molecule has 0 fully saturated rings. The Labute approximate surface area is 105 Å². The molecule has 4 nitrogen and oxygen atoms in total. The summed E-state index contributed by atoms with van der Waals surface area (Å²) in [5.41, 5.74) is 2.87. The van der Waals surface area contributed by atoms with Crippen LogP contribution in [0.2, 0.25) is 0 Å². The molecule has 0 saturated carbocycles. The minimum absolute atomic E-state index is 0.0501. The fraction of sp³-hybridized carbons (Fsp3) is 0.214. The molecule has 0 spiro atoms. The first kappa shape index (κ1) is 10.9. The van der Waals surface area contributed by atoms with Crippen LogP contribution < -0.4 is 10.1 Å². The van der Waals surface area contributed by atoms with E-state index in [0.29, 0.717) is 18.7 Å². The quantitative estimate of drug-likeness (QED) is 0.863. The summed E-state index contributed by atoms with van der Waals surface area (Å²) >= 11 is 0. The van der Waals surface area contributed by atoms with Gasteiger partial charge in [-0.05, 0) is 35.4 Å². The zero-order chi connectivity index (χ0) is 12.4. The highest BCUT2D eigenvalue weighted by atomic mass is 16.5. The maximum atomic E-state index is 12.0. The largest absolute Gasteiger partial charge is 0.493 e. The number of benzene rings is 1. The SMILES string of the molecule is O=C(NCc1cc[nH]c1)c1ccc2c(c1)CCO2. The predicted molar refractivity (Wildman–Crippen MR) is 67.6 cm³/mol. The lowest BCUT2D eigenvalue weighted by atomic mass is 10.1. The number of hydrogen-bond donors (Lipinski definition) is 2. The van der Waals surface area contributed by atoms with Crippen LogP contribution in [0, 0.1) is 0 Å². The zero-order valence-corrected chi connectivity index (χ0v) is 9.90. The molecule has 1 aromatic carbocycles. The van der Waals surface area contributed by atoms with E-state index in [-0.39, 0.29) is 5.91 Å². The molecule has 1 amide bonds. The number of hydrogen-bond acceptors (Lipinski definition) is 2. The Balaban J connectivity index is 1.69. The van der Waals surface area contributed by atoms with Crippen molar-refractivity contribution in [3.05, 3.63) is 53.3 Å². The summed E-state index contributed by atoms with van der Waals surface area (Å²) in [6.07, 6.45) is 4.60. The molecule has 92 valence electrons. The van der Waals surface area contributed by atoms with Crippen LogP contribution >= 0.6 is 0 Å². The monoisotopic (exact) mass is 242 g/mol. The fourth-order valence-electron chi connectivity index (χ4n) is 2.08. The topological polar surface area (TPSA) is 54.1 Å². The lowest BCUT2D eigenvalue weighted by molar-refractivity contribution is 0.0951. The molecular formula is C14H14N2O2. The Bertz CT molecular complexity index is 561. The average Bonchev–Trinajstić information content (AvgIpc) is 3.05. The van der Waals surface area contributed by atoms with Crippen LogP contribution in [0.1, 0.15) is 21.5 Å². The van der Waals surface area contributed by atoms with Gasteiger partial charge in [-0.25, -0.2) is 0 Å². The van der Waals surface area contributed by atoms with Crippen LogP contribution in [0.4, 0.5) is 0 Å². The van der Waals surface area contributed by atoms with Gasteiger partial charge in [0.2, 0.25) is 0 Å². The van der Waals surface area contributed by atoms with Gasteiger partial charge >= 0.3 is 0 Å². The van der Waals surface area contributed by atoms with Crippen LogP contribution in [-0.4, -0.2) is 17.5 Å². The van der Waals surface area contributed by atoms with Gasteiger partial charge in [0.25, 0.3) is 5.91 Å². The van der Waals surface area contributed by atoms with Crippen LogP contribution in [0.15, 0.2) is 36.7 Å². The number of aromatic nitrogens is 1. The smallest absolute Gasteiger partial charge is 0.251 e. The first-order chi connectivity index (χ1) is 8.83. The number of H-pyrrole nitrogens is 1. The maximum absolute atomic E-state index is 12.0. The second kappa shape index (κ2) is 4.56. The molecule has 0 aliphatic carbocycles. The van der Waals surface area contributed by atoms with Crippen molar-refractivity contribution in [2.75, 3.05) is 6.61 Å². The highest BCUT2D eigenvalue weighted by Crippen LogP contribution is 2.25. The number of carbonyl (C=O) groups excluding carboxylic acids is 1. The van der Waals surface area contributed by atoms with Crippen molar-refractivity contribution in [2.45, 2.75) is 13.0 Å². The maximum Gasteiger partial charge on any atom is 0.251 e. The van der Waals surface area contributed by atoms with Gasteiger partial charge in [-0.3, -0.25) is 4.79 Å². The van der Waals surface area contributed by atoms with E-state index in [1.54, 1.807) is 6.07 Å². The van der Waals surface area contributed by atoms with Crippen molar-refractivity contribution >= 4 is 5.91 Å². The van der Waals surface area contributed by atoms with E-state index in [4.69, 9.17) is 4.74 Å². The number of rotatable bonds is 3. The Morgan fingerprint density at radius 1 is 1.39 bits per heavy atom. The molecule has 2 N–H and O–H groups in total. The number of fused-ring (bicyclic) bond motifs is 1. The van der Waals surface area contributed by atoms with Gasteiger partial charge in [0.1, 0.15) is 5.75 Å². The van der Waals surface area contributed by atoms with Gasteiger partial charge in [-0.15, -0.1) is 0 Å². The second-order valence-corrected chi connectivity index (χ2v) is 4.32. The summed E-state index contributed by atoms with van der Waals surface area (Å²) in [6, 6.07) is 7.52. The summed E-state index contributed by atoms with van der Waals surface area (Å²) < 4.78 is 5.42. The predicted octanol–water partition coefficient (Wildman–Crippen LogP) is 1.88. The third kappa shape index (κ3) is 2.09. The molecule has 0 bridgehead atoms. The average molecular weight is 242 g/mol. The Morgan fingerprint density at radius 3 is 3.17 bits per heavy atom. The first-order valence-corrected chi connectivity index (χ1v) is 5.98. The summed E-state index contributed by atoms with van der Waals surface area (Å²) in [4.78, 5) is 14.9. The van der Waals surface area contributed by atoms with Gasteiger partial charge in [0.15, 0.2) is 0 Å². The lowest BCUT2D eigenvalue weighted by Gasteiger charge is -2.05. The molecule has 4 heteroatoms. The van der Waals surface area contributed by atoms with E-state index in [1.165, 1.54) is 0 Å². The zero-order valence-electron chi connectivity index (χ0n) is 9.90. The van der Waals surface area contributed by atoms with Crippen LogP contribution in [0.25, 0.3) is 0 Å². The van der Waals surface area contributed by atoms with Crippen molar-refractivity contribution < 1.29 is 9.53 Å². The van der Waals surface area contributed by atoms with Crippen molar-refractivity contribution in [2.24, 2.45) is 0 Å². The van der Waals surface area contributed by atoms with Crippen LogP contribution in [0.3, 0.4) is 0 Å². The minimum atomic E-state index is -0.0501. The van der Waals surface area contributed by atoms with Gasteiger partial charge < -0.3 is 15.0 Å². The van der Waals surface area contributed by atoms with E-state index in [1.807, 2.05) is 30.6 Å². The van der Waals surface area contributed by atoms with E-state index in [0.717, 1.165) is 23.3 Å². The number of ether oxygens (including phenoxy) is 1. The second-order valence-electron chi connectivity index (χ2n) is 4.32. The molecule has 3 rings (SSSR count). The van der Waals surface area contributed by atoms with Crippen LogP contribution in [-0.2, 0) is 13.0 Å². The Morgan fingerprint density at radius 2 is 2.33 bits per heavy atom. The van der Waals surface area contributed by atoms with E-state index >= 15 is 0 Å². The Kier molecular flexibility index (Phi) is 2.76. The van der Waals surface area contributed by atoms with Crippen LogP contribution in [0.5, 0.6) is 5.75 Å². The summed E-state index contributed by atoms with van der Waals surface area (Å²) in [5.74, 6) is 0.850. The standard InChI is InChI=1S/C14H14N2O2/c17-14(16-9-10-3-5-15-8-10)12-1-2-13-11(7-12)4-6-18-13/h1-3,5,7-8,15H,4,6,9H2,(H,16,17). The molecule has 18 heavy (non-hydrogen) atoms. The Hall–Kier alpha value is -2.23. The number of nitrogens with one attached hydrogen (secondary N) is 2. The number of carbonyl (C=O) groups is 1. The van der Waals surface area contributed by atoms with Crippen molar-refractivity contribution in [1.82, 2.24) is 10.3 Å². The molecule has 2 heterocycles. The molecule has 1 aromatic heterocycles. The summed E-state index contributed by atoms with van der Waals surface area (Å²) in [5, 5.41) is 2.89. The third-order valence-electron chi connectivity index (χ3n) is 3.07.